The molecule has 130 valence electrons. The molecular weight excluding hydrogens is 304 g/mol. The maximum Gasteiger partial charge on any atom is 0.244 e. The smallest absolute Gasteiger partial charge is 0.244 e. The average Bonchev–Trinajstić information content (AvgIpc) is 2.62. The Labute approximate surface area is 143 Å². The number of methoxy groups -OCH3 is 1. The van der Waals surface area contributed by atoms with E-state index in [0.29, 0.717) is 13.0 Å². The number of para-hydroxylation sites is 1. The molecule has 0 aromatic heterocycles. The minimum Gasteiger partial charge on any atom is -0.496 e. The first-order valence-electron chi connectivity index (χ1n) is 8.49. The van der Waals surface area contributed by atoms with Gasteiger partial charge in [-0.2, -0.15) is 0 Å². The third-order valence-electron chi connectivity index (χ3n) is 4.23. The molecule has 0 aliphatic carbocycles. The fourth-order valence-electron chi connectivity index (χ4n) is 2.89. The molecule has 1 aromatic rings. The lowest BCUT2D eigenvalue weighted by molar-refractivity contribution is -0.132. The molecule has 2 rings (SSSR count). The summed E-state index contributed by atoms with van der Waals surface area (Å²) < 4.78 is 5.31. The second-order valence-electron chi connectivity index (χ2n) is 6.01. The fourth-order valence-corrected chi connectivity index (χ4v) is 2.89. The van der Waals surface area contributed by atoms with Gasteiger partial charge >= 0.3 is 0 Å². The van der Waals surface area contributed by atoms with E-state index in [0.717, 1.165) is 42.8 Å². The predicted molar refractivity (Wildman–Crippen MR) is 94.7 cm³/mol. The average molecular weight is 330 g/mol. The van der Waals surface area contributed by atoms with E-state index in [1.807, 2.05) is 36.1 Å². The van der Waals surface area contributed by atoms with Gasteiger partial charge in [0.15, 0.2) is 0 Å². The number of hydrogen-bond acceptors (Lipinski definition) is 3. The molecule has 0 spiro atoms. The number of carbonyl (C=O) groups excluding carboxylic acids is 2. The van der Waals surface area contributed by atoms with Crippen LogP contribution in [0, 0.1) is 0 Å². The third kappa shape index (κ3) is 5.11. The molecule has 1 saturated heterocycles. The monoisotopic (exact) mass is 330 g/mol. The number of nitrogens with zero attached hydrogens (tertiary/aromatic N) is 1. The van der Waals surface area contributed by atoms with Gasteiger partial charge in [-0.1, -0.05) is 18.2 Å². The SMILES string of the molecule is COc1ccccc1C(C)=CC(=O)NCCC(=O)N1CCCCC1. The van der Waals surface area contributed by atoms with Crippen LogP contribution in [0.3, 0.4) is 0 Å². The van der Waals surface area contributed by atoms with Gasteiger partial charge in [0.1, 0.15) is 5.75 Å². The molecule has 0 saturated carbocycles. The van der Waals surface area contributed by atoms with Gasteiger partial charge < -0.3 is 15.0 Å². The Kier molecular flexibility index (Phi) is 6.85. The molecule has 1 heterocycles. The van der Waals surface area contributed by atoms with Crippen LogP contribution in [-0.4, -0.2) is 43.5 Å². The maximum absolute atomic E-state index is 12.0. The van der Waals surface area contributed by atoms with Gasteiger partial charge in [0.2, 0.25) is 11.8 Å². The third-order valence-corrected chi connectivity index (χ3v) is 4.23. The zero-order valence-corrected chi connectivity index (χ0v) is 14.5. The molecule has 1 aliphatic heterocycles. The summed E-state index contributed by atoms with van der Waals surface area (Å²) in [6.45, 7) is 3.93. The number of amides is 2. The van der Waals surface area contributed by atoms with Gasteiger partial charge in [-0.3, -0.25) is 9.59 Å². The molecule has 0 radical (unpaired) electrons. The molecule has 0 unspecified atom stereocenters. The number of nitrogens with one attached hydrogen (secondary N) is 1. The minimum atomic E-state index is -0.190. The Hall–Kier alpha value is -2.30. The Morgan fingerprint density at radius 2 is 1.92 bits per heavy atom. The summed E-state index contributed by atoms with van der Waals surface area (Å²) >= 11 is 0. The van der Waals surface area contributed by atoms with E-state index >= 15 is 0 Å². The van der Waals surface area contributed by atoms with Crippen molar-refractivity contribution in [2.45, 2.75) is 32.6 Å². The second-order valence-corrected chi connectivity index (χ2v) is 6.01. The summed E-state index contributed by atoms with van der Waals surface area (Å²) in [4.78, 5) is 26.0. The molecular formula is C19H26N2O3. The number of rotatable bonds is 6. The van der Waals surface area contributed by atoms with Crippen LogP contribution in [0.15, 0.2) is 30.3 Å². The number of ether oxygens (including phenoxy) is 1. The quantitative estimate of drug-likeness (QED) is 0.816. The topological polar surface area (TPSA) is 58.6 Å². The van der Waals surface area contributed by atoms with Crippen molar-refractivity contribution in [1.29, 1.82) is 0 Å². The van der Waals surface area contributed by atoms with Crippen LogP contribution in [0.5, 0.6) is 5.75 Å². The summed E-state index contributed by atoms with van der Waals surface area (Å²) in [6.07, 6.45) is 5.27. The number of likely N-dealkylation sites (tertiary alicyclic amines) is 1. The number of allylic oxidation sites excluding steroid dienone is 1. The summed E-state index contributed by atoms with van der Waals surface area (Å²) in [7, 11) is 1.61. The van der Waals surface area contributed by atoms with Crippen molar-refractivity contribution in [3.05, 3.63) is 35.9 Å². The van der Waals surface area contributed by atoms with E-state index in [1.54, 1.807) is 13.2 Å². The Bertz CT molecular complexity index is 604. The van der Waals surface area contributed by atoms with Crippen LogP contribution < -0.4 is 10.1 Å². The maximum atomic E-state index is 12.0. The molecule has 5 heteroatoms. The van der Waals surface area contributed by atoms with E-state index in [1.165, 1.54) is 6.42 Å². The largest absolute Gasteiger partial charge is 0.496 e. The highest BCUT2D eigenvalue weighted by molar-refractivity contribution is 5.95. The van der Waals surface area contributed by atoms with E-state index in [-0.39, 0.29) is 11.8 Å². The zero-order chi connectivity index (χ0) is 17.4. The van der Waals surface area contributed by atoms with Gasteiger partial charge in [-0.15, -0.1) is 0 Å². The molecule has 1 fully saturated rings. The van der Waals surface area contributed by atoms with Crippen molar-refractivity contribution < 1.29 is 14.3 Å². The summed E-state index contributed by atoms with van der Waals surface area (Å²) in [5, 5.41) is 2.79. The van der Waals surface area contributed by atoms with E-state index in [2.05, 4.69) is 5.32 Å². The predicted octanol–water partition coefficient (Wildman–Crippen LogP) is 2.62. The highest BCUT2D eigenvalue weighted by atomic mass is 16.5. The van der Waals surface area contributed by atoms with Crippen molar-refractivity contribution in [3.63, 3.8) is 0 Å². The Balaban J connectivity index is 1.82. The van der Waals surface area contributed by atoms with Gasteiger partial charge in [0.05, 0.1) is 7.11 Å². The van der Waals surface area contributed by atoms with Crippen molar-refractivity contribution in [1.82, 2.24) is 10.2 Å². The van der Waals surface area contributed by atoms with Gasteiger partial charge in [-0.25, -0.2) is 0 Å². The van der Waals surface area contributed by atoms with Crippen LogP contribution in [0.25, 0.3) is 5.57 Å². The fraction of sp³-hybridized carbons (Fsp3) is 0.474. The highest BCUT2D eigenvalue weighted by Crippen LogP contribution is 2.24. The van der Waals surface area contributed by atoms with Gasteiger partial charge in [0, 0.05) is 37.7 Å². The Morgan fingerprint density at radius 3 is 2.62 bits per heavy atom. The molecule has 24 heavy (non-hydrogen) atoms. The zero-order valence-electron chi connectivity index (χ0n) is 14.5. The van der Waals surface area contributed by atoms with Crippen molar-refractivity contribution >= 4 is 17.4 Å². The van der Waals surface area contributed by atoms with Crippen LogP contribution in [0.2, 0.25) is 0 Å². The van der Waals surface area contributed by atoms with Crippen molar-refractivity contribution in [3.8, 4) is 5.75 Å². The molecule has 2 amide bonds. The molecule has 0 atom stereocenters. The lowest BCUT2D eigenvalue weighted by Crippen LogP contribution is -2.37. The van der Waals surface area contributed by atoms with E-state index in [9.17, 15) is 9.59 Å². The van der Waals surface area contributed by atoms with E-state index in [4.69, 9.17) is 4.74 Å². The first-order chi connectivity index (χ1) is 11.6. The van der Waals surface area contributed by atoms with E-state index < -0.39 is 0 Å². The van der Waals surface area contributed by atoms with Crippen LogP contribution in [-0.2, 0) is 9.59 Å². The second kappa shape index (κ2) is 9.11. The lowest BCUT2D eigenvalue weighted by Gasteiger charge is -2.26. The first-order valence-corrected chi connectivity index (χ1v) is 8.49. The molecule has 5 nitrogen and oxygen atoms in total. The molecule has 1 N–H and O–H groups in total. The minimum absolute atomic E-state index is 0.125. The summed E-state index contributed by atoms with van der Waals surface area (Å²) in [6, 6.07) is 7.58. The Morgan fingerprint density at radius 1 is 1.21 bits per heavy atom. The van der Waals surface area contributed by atoms with Crippen LogP contribution in [0.1, 0.15) is 38.2 Å². The number of benzene rings is 1. The molecule has 1 aromatic carbocycles. The van der Waals surface area contributed by atoms with Crippen molar-refractivity contribution in [2.24, 2.45) is 0 Å². The standard InChI is InChI=1S/C19H26N2O3/c1-15(16-8-4-5-9-17(16)24-2)14-18(22)20-11-10-19(23)21-12-6-3-7-13-21/h4-5,8-9,14H,3,6-7,10-13H2,1-2H3,(H,20,22). The first kappa shape index (κ1) is 18.0. The van der Waals surface area contributed by atoms with Gasteiger partial charge in [0.25, 0.3) is 0 Å². The van der Waals surface area contributed by atoms with Crippen LogP contribution >= 0.6 is 0 Å². The van der Waals surface area contributed by atoms with Crippen LogP contribution in [0.4, 0.5) is 0 Å². The normalized spacial score (nSPS) is 15.1. The lowest BCUT2D eigenvalue weighted by atomic mass is 10.1. The number of piperidine rings is 1. The summed E-state index contributed by atoms with van der Waals surface area (Å²) in [5.41, 5.74) is 1.71. The molecule has 0 bridgehead atoms. The summed E-state index contributed by atoms with van der Waals surface area (Å²) in [5.74, 6) is 0.671. The number of carbonyl (C=O) groups is 2. The number of hydrogen-bond donors (Lipinski definition) is 1. The highest BCUT2D eigenvalue weighted by Gasteiger charge is 2.16. The van der Waals surface area contributed by atoms with Crippen molar-refractivity contribution in [2.75, 3.05) is 26.7 Å². The molecule has 1 aliphatic rings. The van der Waals surface area contributed by atoms with Gasteiger partial charge in [-0.05, 0) is 37.8 Å².